The lowest BCUT2D eigenvalue weighted by Crippen LogP contribution is -2.45. The number of thiophene rings is 1. The molecule has 146 valence electrons. The highest BCUT2D eigenvalue weighted by Crippen LogP contribution is 2.28. The second kappa shape index (κ2) is 9.75. The van der Waals surface area contributed by atoms with E-state index in [1.54, 1.807) is 36.5 Å². The van der Waals surface area contributed by atoms with E-state index in [4.69, 9.17) is 32.7 Å². The summed E-state index contributed by atoms with van der Waals surface area (Å²) in [6.07, 6.45) is -0.669. The molecule has 1 aliphatic rings. The third-order valence-electron chi connectivity index (χ3n) is 4.39. The summed E-state index contributed by atoms with van der Waals surface area (Å²) >= 11 is 13.7. The van der Waals surface area contributed by atoms with Crippen LogP contribution in [0.2, 0.25) is 10.0 Å². The maximum absolute atomic E-state index is 12.5. The van der Waals surface area contributed by atoms with E-state index in [1.807, 2.05) is 6.07 Å². The van der Waals surface area contributed by atoms with E-state index < -0.39 is 6.10 Å². The predicted molar refractivity (Wildman–Crippen MR) is 109 cm³/mol. The number of nitrogens with one attached hydrogen (secondary N) is 1. The van der Waals surface area contributed by atoms with E-state index >= 15 is 0 Å². The number of ether oxygens (including phenoxy) is 2. The molecule has 3 rings (SSSR count). The van der Waals surface area contributed by atoms with Crippen LogP contribution in [0.15, 0.2) is 35.7 Å². The van der Waals surface area contributed by atoms with Crippen molar-refractivity contribution in [2.24, 2.45) is 0 Å². The first-order valence-corrected chi connectivity index (χ1v) is 10.4. The molecule has 1 aromatic carbocycles. The average molecular weight is 429 g/mol. The monoisotopic (exact) mass is 428 g/mol. The number of benzene rings is 1. The average Bonchev–Trinajstić information content (AvgIpc) is 3.19. The molecule has 0 bridgehead atoms. The maximum Gasteiger partial charge on any atom is 0.260 e. The van der Waals surface area contributed by atoms with Crippen LogP contribution in [-0.4, -0.2) is 49.8 Å². The molecule has 2 atom stereocenters. The van der Waals surface area contributed by atoms with Crippen molar-refractivity contribution in [1.29, 1.82) is 0 Å². The Morgan fingerprint density at radius 3 is 2.78 bits per heavy atom. The molecule has 1 aliphatic heterocycles. The number of halogens is 2. The molecule has 2 heterocycles. The van der Waals surface area contributed by atoms with Crippen LogP contribution in [0.5, 0.6) is 5.75 Å². The highest BCUT2D eigenvalue weighted by Gasteiger charge is 2.25. The van der Waals surface area contributed by atoms with Gasteiger partial charge in [0.05, 0.1) is 24.3 Å². The summed E-state index contributed by atoms with van der Waals surface area (Å²) in [6, 6.07) is 9.20. The Morgan fingerprint density at radius 2 is 2.11 bits per heavy atom. The number of amides is 1. The van der Waals surface area contributed by atoms with E-state index in [-0.39, 0.29) is 11.9 Å². The lowest BCUT2D eigenvalue weighted by molar-refractivity contribution is -0.127. The minimum atomic E-state index is -0.669. The number of rotatable bonds is 7. The van der Waals surface area contributed by atoms with Gasteiger partial charge in [0.2, 0.25) is 0 Å². The number of hydrogen-bond donors (Lipinski definition) is 1. The normalized spacial score (nSPS) is 17.3. The molecule has 0 spiro atoms. The SMILES string of the molecule is C[C@@H](Oc1ccc(Cl)cc1Cl)C(=O)NC[C@H](c1cccs1)N1CCOCC1. The molecule has 8 heteroatoms. The van der Waals surface area contributed by atoms with Gasteiger partial charge < -0.3 is 14.8 Å². The van der Waals surface area contributed by atoms with Gasteiger partial charge in [-0.15, -0.1) is 11.3 Å². The minimum absolute atomic E-state index is 0.129. The van der Waals surface area contributed by atoms with E-state index in [9.17, 15) is 4.79 Å². The van der Waals surface area contributed by atoms with E-state index in [0.717, 1.165) is 13.1 Å². The number of hydrogen-bond acceptors (Lipinski definition) is 5. The standard InChI is InChI=1S/C19H22Cl2N2O3S/c1-13(26-17-5-4-14(20)11-15(17)21)19(24)22-12-16(18-3-2-10-27-18)23-6-8-25-9-7-23/h2-5,10-11,13,16H,6-9,12H2,1H3,(H,22,24)/t13-,16-/m1/s1. The number of carbonyl (C=O) groups is 1. The molecule has 27 heavy (non-hydrogen) atoms. The zero-order valence-corrected chi connectivity index (χ0v) is 17.3. The number of carbonyl (C=O) groups excluding carboxylic acids is 1. The fourth-order valence-electron chi connectivity index (χ4n) is 2.94. The van der Waals surface area contributed by atoms with Crippen molar-refractivity contribution in [3.05, 3.63) is 50.6 Å². The molecular weight excluding hydrogens is 407 g/mol. The highest BCUT2D eigenvalue weighted by molar-refractivity contribution is 7.10. The summed E-state index contributed by atoms with van der Waals surface area (Å²) < 4.78 is 11.1. The summed E-state index contributed by atoms with van der Waals surface area (Å²) in [7, 11) is 0. The van der Waals surface area contributed by atoms with Crippen LogP contribution in [0.25, 0.3) is 0 Å². The Balaban J connectivity index is 1.59. The molecule has 0 radical (unpaired) electrons. The summed E-state index contributed by atoms with van der Waals surface area (Å²) in [6.45, 7) is 5.35. The van der Waals surface area contributed by atoms with Gasteiger partial charge in [0.1, 0.15) is 5.75 Å². The van der Waals surface area contributed by atoms with E-state index in [2.05, 4.69) is 21.7 Å². The van der Waals surface area contributed by atoms with Crippen molar-refractivity contribution in [1.82, 2.24) is 10.2 Å². The third-order valence-corrected chi connectivity index (χ3v) is 5.90. The Kier molecular flexibility index (Phi) is 7.38. The Hall–Kier alpha value is -1.31. The van der Waals surface area contributed by atoms with E-state index in [0.29, 0.717) is 35.6 Å². The van der Waals surface area contributed by atoms with Crippen LogP contribution in [0.3, 0.4) is 0 Å². The van der Waals surface area contributed by atoms with Crippen LogP contribution < -0.4 is 10.1 Å². The van der Waals surface area contributed by atoms with Gasteiger partial charge in [-0.1, -0.05) is 29.3 Å². The van der Waals surface area contributed by atoms with Crippen LogP contribution >= 0.6 is 34.5 Å². The Bertz CT molecular complexity index is 751. The molecule has 0 aliphatic carbocycles. The molecule has 1 saturated heterocycles. The Labute approximate surface area is 173 Å². The first-order chi connectivity index (χ1) is 13.0. The first kappa shape index (κ1) is 20.4. The quantitative estimate of drug-likeness (QED) is 0.723. The number of nitrogens with zero attached hydrogens (tertiary/aromatic N) is 1. The van der Waals surface area contributed by atoms with E-state index in [1.165, 1.54) is 4.88 Å². The van der Waals surface area contributed by atoms with Crippen molar-refractivity contribution in [3.8, 4) is 5.75 Å². The maximum atomic E-state index is 12.5. The summed E-state index contributed by atoms with van der Waals surface area (Å²) in [5.74, 6) is 0.252. The molecular formula is C19H22Cl2N2O3S. The molecule has 1 aromatic heterocycles. The molecule has 0 unspecified atom stereocenters. The van der Waals surface area contributed by atoms with Crippen molar-refractivity contribution in [2.45, 2.75) is 19.1 Å². The van der Waals surface area contributed by atoms with Crippen LogP contribution in [0.1, 0.15) is 17.8 Å². The van der Waals surface area contributed by atoms with Crippen LogP contribution in [0, 0.1) is 0 Å². The van der Waals surface area contributed by atoms with Crippen LogP contribution in [-0.2, 0) is 9.53 Å². The van der Waals surface area contributed by atoms with Gasteiger partial charge in [0.25, 0.3) is 5.91 Å². The summed E-state index contributed by atoms with van der Waals surface area (Å²) in [4.78, 5) is 16.1. The van der Waals surface area contributed by atoms with Gasteiger partial charge in [-0.05, 0) is 36.6 Å². The van der Waals surface area contributed by atoms with Gasteiger partial charge in [0.15, 0.2) is 6.10 Å². The molecule has 1 N–H and O–H groups in total. The zero-order chi connectivity index (χ0) is 19.2. The number of morpholine rings is 1. The predicted octanol–water partition coefficient (Wildman–Crippen LogP) is 4.01. The molecule has 0 saturated carbocycles. The second-order valence-electron chi connectivity index (χ2n) is 6.26. The summed E-state index contributed by atoms with van der Waals surface area (Å²) in [5, 5.41) is 5.97. The highest BCUT2D eigenvalue weighted by atomic mass is 35.5. The van der Waals surface area contributed by atoms with Crippen molar-refractivity contribution in [3.63, 3.8) is 0 Å². The van der Waals surface area contributed by atoms with Gasteiger partial charge >= 0.3 is 0 Å². The topological polar surface area (TPSA) is 50.8 Å². The first-order valence-electron chi connectivity index (χ1n) is 8.79. The Morgan fingerprint density at radius 1 is 1.33 bits per heavy atom. The van der Waals surface area contributed by atoms with Crippen molar-refractivity contribution < 1.29 is 14.3 Å². The summed E-state index contributed by atoms with van der Waals surface area (Å²) in [5.41, 5.74) is 0. The lowest BCUT2D eigenvalue weighted by Gasteiger charge is -2.34. The minimum Gasteiger partial charge on any atom is -0.479 e. The van der Waals surface area contributed by atoms with Gasteiger partial charge in [-0.25, -0.2) is 0 Å². The fraction of sp³-hybridized carbons (Fsp3) is 0.421. The molecule has 1 fully saturated rings. The molecule has 1 amide bonds. The lowest BCUT2D eigenvalue weighted by atomic mass is 10.2. The van der Waals surface area contributed by atoms with Crippen molar-refractivity contribution in [2.75, 3.05) is 32.8 Å². The largest absolute Gasteiger partial charge is 0.479 e. The smallest absolute Gasteiger partial charge is 0.260 e. The van der Waals surface area contributed by atoms with Crippen molar-refractivity contribution >= 4 is 40.4 Å². The van der Waals surface area contributed by atoms with Crippen LogP contribution in [0.4, 0.5) is 0 Å². The third kappa shape index (κ3) is 5.59. The fourth-order valence-corrected chi connectivity index (χ4v) is 4.25. The van der Waals surface area contributed by atoms with Gasteiger partial charge in [-0.3, -0.25) is 9.69 Å². The zero-order valence-electron chi connectivity index (χ0n) is 15.0. The molecule has 2 aromatic rings. The van der Waals surface area contributed by atoms with Gasteiger partial charge in [0, 0.05) is 29.5 Å². The van der Waals surface area contributed by atoms with Gasteiger partial charge in [-0.2, -0.15) is 0 Å². The second-order valence-corrected chi connectivity index (χ2v) is 8.08. The molecule has 5 nitrogen and oxygen atoms in total.